The van der Waals surface area contributed by atoms with E-state index >= 15 is 0 Å². The van der Waals surface area contributed by atoms with Gasteiger partial charge in [-0.05, 0) is 45.1 Å². The van der Waals surface area contributed by atoms with Gasteiger partial charge in [-0.15, -0.1) is 17.4 Å². The second-order valence-electron chi connectivity index (χ2n) is 17.6. The molecule has 0 radical (unpaired) electrons. The summed E-state index contributed by atoms with van der Waals surface area (Å²) >= 11 is 0. The van der Waals surface area contributed by atoms with E-state index in [1.54, 1.807) is 6.20 Å². The molecule has 1 aromatic heterocycles. The van der Waals surface area contributed by atoms with E-state index in [9.17, 15) is 84.7 Å². The second-order valence-corrected chi connectivity index (χ2v) is 17.6. The zero-order chi connectivity index (χ0) is 68.9. The molecule has 90 heavy (non-hydrogen) atoms. The molecule has 0 saturated carbocycles. The molecular formula is C50H73F4N9O27. The first-order valence-electron chi connectivity index (χ1n) is 26.7. The van der Waals surface area contributed by atoms with Crippen molar-refractivity contribution in [3.8, 4) is 12.3 Å². The average molecular weight is 1310 g/mol. The fraction of sp³-hybridized carbons (Fsp3) is 0.620. The highest BCUT2D eigenvalue weighted by molar-refractivity contribution is 5.80. The molecule has 0 unspecified atom stereocenters. The number of alkyl halides is 4. The van der Waals surface area contributed by atoms with Crippen LogP contribution < -0.4 is 32.3 Å². The predicted molar refractivity (Wildman–Crippen MR) is 288 cm³/mol. The maximum Gasteiger partial charge on any atom is 0.446 e. The highest BCUT2D eigenvalue weighted by Crippen LogP contribution is 2.11. The van der Waals surface area contributed by atoms with Gasteiger partial charge in [-0.1, -0.05) is 5.21 Å². The van der Waals surface area contributed by atoms with E-state index in [0.29, 0.717) is 76.7 Å². The van der Waals surface area contributed by atoms with Crippen LogP contribution in [0.1, 0.15) is 121 Å². The van der Waals surface area contributed by atoms with Crippen molar-refractivity contribution in [2.24, 2.45) is 5.73 Å². The number of ether oxygens (including phenoxy) is 6. The molecule has 1 heterocycles. The predicted octanol–water partition coefficient (Wildman–Crippen LogP) is 0.646. The molecule has 5 amide bonds. The monoisotopic (exact) mass is 1310 g/mol. The van der Waals surface area contributed by atoms with E-state index in [2.05, 4.69) is 61.8 Å². The van der Waals surface area contributed by atoms with Crippen LogP contribution in [0.15, 0.2) is 6.20 Å². The third kappa shape index (κ3) is 51.3. The van der Waals surface area contributed by atoms with Crippen molar-refractivity contribution >= 4 is 91.6 Å². The zero-order valence-corrected chi connectivity index (χ0v) is 48.1. The van der Waals surface area contributed by atoms with Crippen molar-refractivity contribution in [2.45, 2.75) is 172 Å². The Morgan fingerprint density at radius 1 is 0.578 bits per heavy atom. The number of carboxylic acids is 6. The number of aldehydes is 1. The summed E-state index contributed by atoms with van der Waals surface area (Å²) < 4.78 is 72.8. The molecule has 0 aromatic carbocycles. The zero-order valence-electron chi connectivity index (χ0n) is 48.1. The quantitative estimate of drug-likeness (QED) is 0.0106. The summed E-state index contributed by atoms with van der Waals surface area (Å²) in [6, 6.07) is 0. The summed E-state index contributed by atoms with van der Waals surface area (Å²) in [6.07, 6.45) is -8.33. The van der Waals surface area contributed by atoms with E-state index in [4.69, 9.17) is 57.1 Å². The highest BCUT2D eigenvalue weighted by atomic mass is 19.4. The molecule has 0 aliphatic carbocycles. The number of aryl methyl sites for hydroxylation is 2. The number of nitrogens with one attached hydrogen (secondary N) is 5. The summed E-state index contributed by atoms with van der Waals surface area (Å²) in [6.45, 7) is 1.04. The Kier molecular flexibility index (Phi) is 48.8. The van der Waals surface area contributed by atoms with Gasteiger partial charge in [0.15, 0.2) is 18.7 Å². The average Bonchev–Trinajstić information content (AvgIpc) is 3.72. The number of halogens is 4. The third-order valence-corrected chi connectivity index (χ3v) is 10.4. The number of hydrogen-bond donors (Lipinski definition) is 12. The number of terminal acetylenes is 1. The van der Waals surface area contributed by atoms with Crippen molar-refractivity contribution in [2.75, 3.05) is 26.3 Å². The van der Waals surface area contributed by atoms with Gasteiger partial charge in [0.2, 0.25) is 36.4 Å². The normalized spacial score (nSPS) is 12.2. The maximum absolute atomic E-state index is 12.2. The Bertz CT molecular complexity index is 2430. The lowest BCUT2D eigenvalue weighted by molar-refractivity contribution is -0.156. The first-order valence-corrected chi connectivity index (χ1v) is 26.7. The van der Waals surface area contributed by atoms with Crippen LogP contribution in [0.4, 0.5) is 31.9 Å². The van der Waals surface area contributed by atoms with E-state index in [-0.39, 0.29) is 76.3 Å². The van der Waals surface area contributed by atoms with Crippen molar-refractivity contribution in [3.63, 3.8) is 0 Å². The molecule has 0 spiro atoms. The molecule has 0 bridgehead atoms. The molecule has 1 rings (SSSR count). The summed E-state index contributed by atoms with van der Waals surface area (Å²) in [5.74, 6) is -6.20. The van der Waals surface area contributed by atoms with Gasteiger partial charge in [0.1, 0.15) is 6.67 Å². The second kappa shape index (κ2) is 52.2. The third-order valence-electron chi connectivity index (χ3n) is 10.4. The van der Waals surface area contributed by atoms with Gasteiger partial charge in [-0.2, -0.15) is 13.2 Å². The number of nitrogens with zero attached hydrogens (tertiary/aromatic N) is 3. The Labute approximate surface area is 508 Å². The topological polar surface area (TPSA) is 550 Å². The van der Waals surface area contributed by atoms with Crippen molar-refractivity contribution in [1.82, 2.24) is 41.6 Å². The molecule has 0 aliphatic rings. The van der Waals surface area contributed by atoms with Crippen LogP contribution in [-0.4, -0.2) is 207 Å². The number of aromatic nitrogens is 3. The molecule has 13 N–H and O–H groups in total. The van der Waals surface area contributed by atoms with E-state index < -0.39 is 142 Å². The molecule has 0 saturated heterocycles. The van der Waals surface area contributed by atoms with Gasteiger partial charge >= 0.3 is 60.3 Å². The number of aliphatic carboxylic acids is 6. The number of carbonyl (C=O) groups excluding carboxylic acids is 9. The fourth-order valence-corrected chi connectivity index (χ4v) is 6.16. The molecule has 40 heteroatoms. The number of amides is 5. The molecule has 6 atom stereocenters. The Morgan fingerprint density at radius 3 is 1.23 bits per heavy atom. The highest BCUT2D eigenvalue weighted by Gasteiger charge is 2.28. The molecule has 1 aromatic rings. The van der Waals surface area contributed by atoms with Gasteiger partial charge in [0.25, 0.3) is 19.4 Å². The summed E-state index contributed by atoms with van der Waals surface area (Å²) in [5.41, 5.74) is 5.88. The van der Waals surface area contributed by atoms with Gasteiger partial charge in [0, 0.05) is 103 Å². The summed E-state index contributed by atoms with van der Waals surface area (Å²) in [4.78, 5) is 163. The number of rotatable bonds is 45. The molecule has 36 nitrogen and oxygen atoms in total. The van der Waals surface area contributed by atoms with Crippen LogP contribution >= 0.6 is 0 Å². The number of hydrogen-bond acceptors (Lipinski definition) is 24. The number of alkyl carbamates (subject to hydrolysis) is 3. The molecule has 508 valence electrons. The minimum absolute atomic E-state index is 0.103. The minimum atomic E-state index is -4.64. The van der Waals surface area contributed by atoms with Gasteiger partial charge in [-0.25, -0.2) is 37.8 Å². The summed E-state index contributed by atoms with van der Waals surface area (Å²) in [5, 5.41) is 72.0. The lowest BCUT2D eigenvalue weighted by atomic mass is 10.2. The first kappa shape index (κ1) is 84.2. The van der Waals surface area contributed by atoms with Crippen LogP contribution in [0.2, 0.25) is 0 Å². The fourth-order valence-electron chi connectivity index (χ4n) is 6.16. The number of carbonyl (C=O) groups is 15. The van der Waals surface area contributed by atoms with Crippen LogP contribution in [0.3, 0.4) is 0 Å². The van der Waals surface area contributed by atoms with Crippen LogP contribution in [-0.2, 0) is 98.9 Å². The van der Waals surface area contributed by atoms with Crippen molar-refractivity contribution in [1.29, 1.82) is 0 Å². The molecular weight excluding hydrogens is 1230 g/mol. The number of unbranched alkanes of at least 4 members (excludes halogenated alkanes) is 3. The largest absolute Gasteiger partial charge is 0.481 e. The van der Waals surface area contributed by atoms with Crippen LogP contribution in [0, 0.1) is 12.3 Å². The minimum Gasteiger partial charge on any atom is -0.481 e. The SMILES string of the molecule is C#CCCC(=O)NCCCC[C@H](NC(=O)O[C@@H](CCC(=O)O)C(=O)O)OC=O.NCCCC[C@H](NC(=O)O[C@@H](CCC(=O)O)C(=O)O)OC=O.O=CC(F)(F)F.O=CO[C@H](CCCCNC(=O)CCc1cn(CCF)nn1)NC(=O)O[C@@H](CCC(=O)O)C(=O)O. The van der Waals surface area contributed by atoms with Crippen molar-refractivity contribution < 1.29 is 149 Å². The number of nitrogens with two attached hydrogens (primary N) is 1. The number of carboxylic acid groups (broad SMARTS) is 6. The van der Waals surface area contributed by atoms with Crippen LogP contribution in [0.25, 0.3) is 0 Å². The lowest BCUT2D eigenvalue weighted by Crippen LogP contribution is -2.40. The Hall–Kier alpha value is -9.97. The first-order chi connectivity index (χ1) is 42.5. The van der Waals surface area contributed by atoms with E-state index in [1.165, 1.54) is 4.68 Å². The Morgan fingerprint density at radius 2 is 0.933 bits per heavy atom. The lowest BCUT2D eigenvalue weighted by Gasteiger charge is -2.19. The van der Waals surface area contributed by atoms with Crippen molar-refractivity contribution in [3.05, 3.63) is 11.9 Å². The van der Waals surface area contributed by atoms with Gasteiger partial charge in [0.05, 0.1) is 12.2 Å². The summed E-state index contributed by atoms with van der Waals surface area (Å²) in [7, 11) is 0. The molecule has 0 fully saturated rings. The smallest absolute Gasteiger partial charge is 0.446 e. The molecule has 0 aliphatic heterocycles. The van der Waals surface area contributed by atoms with Gasteiger partial charge < -0.3 is 75.4 Å². The van der Waals surface area contributed by atoms with Gasteiger partial charge in [-0.3, -0.25) is 59.1 Å². The standard InChI is InChI=1S/C19H28FN5O9.C17H24N2O9.C12H20N2O8.C2HF3O/c20-8-10-25-11-13(23-24-25)4-6-15(27)21-9-2-1-3-16(33-12-26)22-19(32)34-14(18(30)31)5-7-17(28)29;1-2-3-6-13(21)18-10-5-4-7-14(27-11-20)19-17(26)28-12(16(24)25)8-9-15(22)23;13-6-2-1-3-9(21-7-15)14-12(20)22-8(11(18)19)4-5-10(16)17;3-2(4,5)1-6/h11-12,14,16H,1-10H2,(H,21,27)(H,22,32)(H,28,29)(H,30,31);1,11-12,14H,3-10H2,(H,18,21)(H,19,26)(H,22,23)(H,24,25);7-9H,1-6,13H2,(H,14,20)(H,16,17)(H,18,19);1H/t14-,16+;12-,14+;8-,9+;/m000./s1. The van der Waals surface area contributed by atoms with E-state index in [1.807, 2.05) is 0 Å². The van der Waals surface area contributed by atoms with Crippen LogP contribution in [0.5, 0.6) is 0 Å². The Balaban J connectivity index is -0.00000123. The maximum atomic E-state index is 12.2. The van der Waals surface area contributed by atoms with E-state index in [0.717, 1.165) is 0 Å².